The van der Waals surface area contributed by atoms with Crippen LogP contribution in [0.4, 0.5) is 4.39 Å². The zero-order valence-electron chi connectivity index (χ0n) is 24.9. The van der Waals surface area contributed by atoms with E-state index < -0.39 is 41.5 Å². The van der Waals surface area contributed by atoms with Gasteiger partial charge in [0.2, 0.25) is 17.7 Å². The standard InChI is InChI=1S/C32H37FN6O5/c1-20(2)26-16-37(29(41)18-38-19-35-25-9-4-3-8-22(25)31(38)43)17-28(40)34-13-5-7-21-11-12-24(33)23(15-21)32(44)39-14-6-10-27(39)30(42)36-26/h3-4,8-9,11-12,15,19-20,26-27H,5-7,10,13-14,16-18H2,1-2H3,(H,34,40)(H,36,42)/t26-,27-/m0/s1. The van der Waals surface area contributed by atoms with E-state index >= 15 is 0 Å². The van der Waals surface area contributed by atoms with E-state index in [0.717, 1.165) is 5.56 Å². The maximum absolute atomic E-state index is 14.8. The first-order valence-corrected chi connectivity index (χ1v) is 15.0. The van der Waals surface area contributed by atoms with Gasteiger partial charge in [-0.3, -0.25) is 28.5 Å². The fraction of sp³-hybridized carbons (Fsp3) is 0.438. The van der Waals surface area contributed by atoms with E-state index in [4.69, 9.17) is 0 Å². The number of carbonyl (C=O) groups is 4. The van der Waals surface area contributed by atoms with Crippen LogP contribution in [0.15, 0.2) is 53.6 Å². The van der Waals surface area contributed by atoms with Gasteiger partial charge < -0.3 is 20.4 Å². The van der Waals surface area contributed by atoms with Crippen molar-refractivity contribution in [3.05, 3.63) is 76.1 Å². The van der Waals surface area contributed by atoms with Crippen molar-refractivity contribution in [1.29, 1.82) is 0 Å². The summed E-state index contributed by atoms with van der Waals surface area (Å²) in [6.45, 7) is 3.77. The summed E-state index contributed by atoms with van der Waals surface area (Å²) in [4.78, 5) is 73.8. The molecule has 44 heavy (non-hydrogen) atoms. The van der Waals surface area contributed by atoms with Crippen LogP contribution in [0, 0.1) is 11.7 Å². The molecule has 12 heteroatoms. The van der Waals surface area contributed by atoms with Crippen LogP contribution >= 0.6 is 0 Å². The van der Waals surface area contributed by atoms with Crippen molar-refractivity contribution in [3.63, 3.8) is 0 Å². The Labute approximate surface area is 254 Å². The lowest BCUT2D eigenvalue weighted by Crippen LogP contribution is -2.55. The topological polar surface area (TPSA) is 134 Å². The van der Waals surface area contributed by atoms with E-state index in [2.05, 4.69) is 15.6 Å². The van der Waals surface area contributed by atoms with Gasteiger partial charge >= 0.3 is 0 Å². The number of hydrogen-bond acceptors (Lipinski definition) is 6. The molecule has 0 radical (unpaired) electrons. The highest BCUT2D eigenvalue weighted by Crippen LogP contribution is 2.23. The predicted octanol–water partition coefficient (Wildman–Crippen LogP) is 1.87. The van der Waals surface area contributed by atoms with Crippen LogP contribution in [0.1, 0.15) is 49.0 Å². The summed E-state index contributed by atoms with van der Waals surface area (Å²) >= 11 is 0. The molecule has 2 aromatic carbocycles. The number of aryl methyl sites for hydroxylation is 1. The van der Waals surface area contributed by atoms with Gasteiger partial charge in [0.05, 0.1) is 29.3 Å². The maximum Gasteiger partial charge on any atom is 0.261 e. The van der Waals surface area contributed by atoms with Crippen LogP contribution in [-0.2, 0) is 27.3 Å². The molecule has 4 amide bonds. The molecular weight excluding hydrogens is 567 g/mol. The third kappa shape index (κ3) is 6.79. The van der Waals surface area contributed by atoms with Gasteiger partial charge in [-0.25, -0.2) is 9.37 Å². The van der Waals surface area contributed by atoms with Gasteiger partial charge in [0.1, 0.15) is 18.4 Å². The van der Waals surface area contributed by atoms with Crippen molar-refractivity contribution in [2.45, 2.75) is 58.2 Å². The zero-order valence-corrected chi connectivity index (χ0v) is 24.9. The number of nitrogens with zero attached hydrogens (tertiary/aromatic N) is 4. The lowest BCUT2D eigenvalue weighted by atomic mass is 10.0. The molecular formula is C32H37FN6O5. The second kappa shape index (κ2) is 13.4. The summed E-state index contributed by atoms with van der Waals surface area (Å²) in [6.07, 6.45) is 3.34. The lowest BCUT2D eigenvalue weighted by Gasteiger charge is -2.32. The third-order valence-corrected chi connectivity index (χ3v) is 8.32. The quantitative estimate of drug-likeness (QED) is 0.469. The van der Waals surface area contributed by atoms with Crippen LogP contribution < -0.4 is 16.2 Å². The Bertz CT molecular complexity index is 1640. The van der Waals surface area contributed by atoms with Crippen molar-refractivity contribution in [2.24, 2.45) is 5.92 Å². The normalized spacial score (nSPS) is 20.3. The van der Waals surface area contributed by atoms with E-state index in [-0.39, 0.29) is 36.7 Å². The number of rotatable bonds is 3. The fourth-order valence-electron chi connectivity index (χ4n) is 5.74. The Kier molecular flexibility index (Phi) is 9.36. The Hall–Kier alpha value is -4.61. The molecule has 232 valence electrons. The van der Waals surface area contributed by atoms with Crippen LogP contribution in [0.5, 0.6) is 0 Å². The van der Waals surface area contributed by atoms with E-state index in [1.54, 1.807) is 30.3 Å². The number of halogens is 1. The van der Waals surface area contributed by atoms with Gasteiger partial charge in [0.25, 0.3) is 11.5 Å². The van der Waals surface area contributed by atoms with Gasteiger partial charge in [-0.2, -0.15) is 0 Å². The van der Waals surface area contributed by atoms with Crippen LogP contribution in [-0.4, -0.2) is 81.2 Å². The SMILES string of the molecule is CC(C)[C@@H]1CN(C(=O)Cn2cnc3ccccc3c2=O)CC(=O)NCCCc2ccc(F)c(c2)C(=O)N2CCC[C@H]2C(=O)N1. The second-order valence-corrected chi connectivity index (χ2v) is 11.8. The van der Waals surface area contributed by atoms with Crippen molar-refractivity contribution >= 4 is 34.5 Å². The Morgan fingerprint density at radius 2 is 1.89 bits per heavy atom. The molecule has 11 nitrogen and oxygen atoms in total. The average molecular weight is 605 g/mol. The van der Waals surface area contributed by atoms with Crippen LogP contribution in [0.25, 0.3) is 10.9 Å². The minimum absolute atomic E-state index is 0.00148. The van der Waals surface area contributed by atoms with E-state index in [0.29, 0.717) is 49.7 Å². The highest BCUT2D eigenvalue weighted by atomic mass is 19.1. The first-order chi connectivity index (χ1) is 21.1. The Morgan fingerprint density at radius 1 is 1.09 bits per heavy atom. The highest BCUT2D eigenvalue weighted by molar-refractivity contribution is 5.98. The number of para-hydroxylation sites is 1. The molecule has 2 N–H and O–H groups in total. The average Bonchev–Trinajstić information content (AvgIpc) is 3.50. The Balaban J connectivity index is 1.42. The molecule has 2 bridgehead atoms. The number of benzene rings is 2. The summed E-state index contributed by atoms with van der Waals surface area (Å²) in [7, 11) is 0. The molecule has 2 atom stereocenters. The van der Waals surface area contributed by atoms with Gasteiger partial charge in [0, 0.05) is 25.7 Å². The number of hydrogen-bond donors (Lipinski definition) is 2. The van der Waals surface area contributed by atoms with Crippen molar-refractivity contribution < 1.29 is 23.6 Å². The molecule has 0 saturated carbocycles. The first-order valence-electron chi connectivity index (χ1n) is 15.0. The van der Waals surface area contributed by atoms with Gasteiger partial charge in [-0.15, -0.1) is 0 Å². The fourth-order valence-corrected chi connectivity index (χ4v) is 5.74. The first kappa shape index (κ1) is 30.8. The van der Waals surface area contributed by atoms with Gasteiger partial charge in [-0.05, 0) is 61.4 Å². The monoisotopic (exact) mass is 604 g/mol. The molecule has 1 aromatic heterocycles. The van der Waals surface area contributed by atoms with Crippen molar-refractivity contribution in [1.82, 2.24) is 30.0 Å². The van der Waals surface area contributed by atoms with Crippen LogP contribution in [0.3, 0.4) is 0 Å². The molecule has 3 heterocycles. The molecule has 0 spiro atoms. The highest BCUT2D eigenvalue weighted by Gasteiger charge is 2.37. The minimum atomic E-state index is -0.794. The molecule has 1 fully saturated rings. The summed E-state index contributed by atoms with van der Waals surface area (Å²) in [5.41, 5.74) is 0.794. The lowest BCUT2D eigenvalue weighted by molar-refractivity contribution is -0.137. The predicted molar refractivity (Wildman–Crippen MR) is 161 cm³/mol. The van der Waals surface area contributed by atoms with Gasteiger partial charge in [-0.1, -0.05) is 32.0 Å². The van der Waals surface area contributed by atoms with E-state index in [1.807, 2.05) is 13.8 Å². The molecule has 0 unspecified atom stereocenters. The summed E-state index contributed by atoms with van der Waals surface area (Å²) in [5.74, 6) is -2.61. The zero-order chi connectivity index (χ0) is 31.4. The molecule has 2 aliphatic heterocycles. The van der Waals surface area contributed by atoms with Crippen molar-refractivity contribution in [3.8, 4) is 0 Å². The molecule has 2 aliphatic rings. The van der Waals surface area contributed by atoms with Crippen LogP contribution in [0.2, 0.25) is 0 Å². The number of aromatic nitrogens is 2. The molecule has 3 aromatic rings. The number of carbonyl (C=O) groups excluding carboxylic acids is 4. The Morgan fingerprint density at radius 3 is 2.68 bits per heavy atom. The summed E-state index contributed by atoms with van der Waals surface area (Å²) < 4.78 is 16.0. The second-order valence-electron chi connectivity index (χ2n) is 11.8. The van der Waals surface area contributed by atoms with E-state index in [1.165, 1.54) is 32.8 Å². The maximum atomic E-state index is 14.8. The number of nitrogens with one attached hydrogen (secondary N) is 2. The molecule has 0 aliphatic carbocycles. The minimum Gasteiger partial charge on any atom is -0.355 e. The third-order valence-electron chi connectivity index (χ3n) is 8.32. The summed E-state index contributed by atoms with van der Waals surface area (Å²) in [6, 6.07) is 9.86. The van der Waals surface area contributed by atoms with Crippen molar-refractivity contribution in [2.75, 3.05) is 26.2 Å². The molecule has 1 saturated heterocycles. The largest absolute Gasteiger partial charge is 0.355 e. The smallest absolute Gasteiger partial charge is 0.261 e. The number of amides is 4. The summed E-state index contributed by atoms with van der Waals surface area (Å²) in [5, 5.41) is 6.19. The van der Waals surface area contributed by atoms with E-state index in [9.17, 15) is 28.4 Å². The number of fused-ring (bicyclic) bond motifs is 4. The molecule has 5 rings (SSSR count). The van der Waals surface area contributed by atoms with Gasteiger partial charge in [0.15, 0.2) is 0 Å².